The lowest BCUT2D eigenvalue weighted by atomic mass is 9.81. The third-order valence-corrected chi connectivity index (χ3v) is 11.8. The lowest BCUT2D eigenvalue weighted by Crippen LogP contribution is -2.41. The van der Waals surface area contributed by atoms with Crippen LogP contribution in [0.25, 0.3) is 20.2 Å². The Hall–Kier alpha value is -0.875. The van der Waals surface area contributed by atoms with Gasteiger partial charge in [0.15, 0.2) is 0 Å². The Morgan fingerprint density at radius 3 is 1.97 bits per heavy atom. The van der Waals surface area contributed by atoms with Gasteiger partial charge in [0.2, 0.25) is 0 Å². The number of hydrogen-bond donors (Lipinski definition) is 0. The van der Waals surface area contributed by atoms with Crippen LogP contribution in [0.15, 0.2) is 18.2 Å². The van der Waals surface area contributed by atoms with E-state index in [2.05, 4.69) is 57.2 Å². The fourth-order valence-corrected chi connectivity index (χ4v) is 9.03. The summed E-state index contributed by atoms with van der Waals surface area (Å²) in [5, 5.41) is 3.00. The highest BCUT2D eigenvalue weighted by molar-refractivity contribution is 7.28. The highest BCUT2D eigenvalue weighted by Crippen LogP contribution is 2.44. The number of hydrogen-bond acceptors (Lipinski definition) is 4. The van der Waals surface area contributed by atoms with Gasteiger partial charge in [0.1, 0.15) is 0 Å². The van der Waals surface area contributed by atoms with E-state index in [-0.39, 0.29) is 18.3 Å². The fourth-order valence-electron chi connectivity index (χ4n) is 6.63. The molecule has 1 aliphatic heterocycles. The molecule has 1 saturated heterocycles. The highest BCUT2D eigenvalue weighted by Gasteiger charge is 2.52. The van der Waals surface area contributed by atoms with Crippen LogP contribution in [0.2, 0.25) is 0 Å². The molecule has 2 aliphatic carbocycles. The second-order valence-corrected chi connectivity index (χ2v) is 14.8. The van der Waals surface area contributed by atoms with E-state index in [0.29, 0.717) is 0 Å². The Morgan fingerprint density at radius 1 is 0.771 bits per heavy atom. The first-order chi connectivity index (χ1) is 16.8. The van der Waals surface area contributed by atoms with E-state index in [9.17, 15) is 0 Å². The second-order valence-electron chi connectivity index (χ2n) is 12.5. The molecule has 188 valence electrons. The van der Waals surface area contributed by atoms with Crippen LogP contribution in [-0.4, -0.2) is 18.3 Å². The molecule has 2 saturated carbocycles. The lowest BCUT2D eigenvalue weighted by Gasteiger charge is -2.32. The van der Waals surface area contributed by atoms with Crippen molar-refractivity contribution in [3.63, 3.8) is 0 Å². The molecule has 1 aromatic carbocycles. The van der Waals surface area contributed by atoms with Crippen LogP contribution >= 0.6 is 22.7 Å². The van der Waals surface area contributed by atoms with Gasteiger partial charge >= 0.3 is 7.12 Å². The number of thiophene rings is 2. The van der Waals surface area contributed by atoms with Gasteiger partial charge in [-0.15, -0.1) is 22.7 Å². The van der Waals surface area contributed by atoms with Crippen LogP contribution in [0, 0.1) is 11.8 Å². The summed E-state index contributed by atoms with van der Waals surface area (Å²) in [5.41, 5.74) is 1.10. The predicted octanol–water partition coefficient (Wildman–Crippen LogP) is 8.66. The second kappa shape index (κ2) is 9.46. The molecular weight excluding hydrogens is 467 g/mol. The minimum Gasteiger partial charge on any atom is -0.399 e. The molecule has 2 nitrogen and oxygen atoms in total. The average Bonchev–Trinajstić information content (AvgIpc) is 3.47. The molecular formula is C30H41BO2S2. The molecule has 0 amide bonds. The van der Waals surface area contributed by atoms with Crippen LogP contribution in [0.1, 0.15) is 102 Å². The molecule has 0 radical (unpaired) electrons. The van der Waals surface area contributed by atoms with E-state index in [1.165, 1.54) is 96.6 Å². The van der Waals surface area contributed by atoms with Gasteiger partial charge in [-0.25, -0.2) is 0 Å². The van der Waals surface area contributed by atoms with Crippen LogP contribution in [0.3, 0.4) is 0 Å². The maximum Gasteiger partial charge on any atom is 0.505 e. The van der Waals surface area contributed by atoms with E-state index in [1.54, 1.807) is 15.8 Å². The summed E-state index contributed by atoms with van der Waals surface area (Å²) in [6.07, 6.45) is 16.8. The van der Waals surface area contributed by atoms with Crippen LogP contribution in [-0.2, 0) is 22.2 Å². The van der Waals surface area contributed by atoms with Gasteiger partial charge in [0.05, 0.1) is 11.2 Å². The average molecular weight is 509 g/mol. The zero-order chi connectivity index (χ0) is 24.2. The molecule has 35 heavy (non-hydrogen) atoms. The summed E-state index contributed by atoms with van der Waals surface area (Å²) in [6, 6.07) is 7.16. The van der Waals surface area contributed by atoms with Crippen molar-refractivity contribution in [1.29, 1.82) is 0 Å². The molecule has 3 aliphatic rings. The zero-order valence-corrected chi connectivity index (χ0v) is 23.7. The van der Waals surface area contributed by atoms with Gasteiger partial charge in [-0.2, -0.15) is 0 Å². The van der Waals surface area contributed by atoms with E-state index >= 15 is 0 Å². The molecule has 5 heteroatoms. The molecule has 0 bridgehead atoms. The minimum atomic E-state index is -0.301. The first kappa shape index (κ1) is 24.5. The maximum absolute atomic E-state index is 6.44. The Morgan fingerprint density at radius 2 is 1.34 bits per heavy atom. The van der Waals surface area contributed by atoms with Crippen molar-refractivity contribution in [3.05, 3.63) is 28.6 Å². The van der Waals surface area contributed by atoms with E-state index in [1.807, 2.05) is 11.3 Å². The molecule has 0 atom stereocenters. The fraction of sp³-hybridized carbons (Fsp3) is 0.667. The molecule has 6 rings (SSSR count). The molecule has 0 N–H and O–H groups in total. The maximum atomic E-state index is 6.44. The lowest BCUT2D eigenvalue weighted by molar-refractivity contribution is 0.00578. The van der Waals surface area contributed by atoms with Gasteiger partial charge in [-0.1, -0.05) is 64.2 Å². The zero-order valence-electron chi connectivity index (χ0n) is 22.1. The highest BCUT2D eigenvalue weighted by atomic mass is 32.1. The normalized spacial score (nSPS) is 23.6. The quantitative estimate of drug-likeness (QED) is 0.321. The smallest absolute Gasteiger partial charge is 0.399 e. The predicted molar refractivity (Wildman–Crippen MR) is 153 cm³/mol. The summed E-state index contributed by atoms with van der Waals surface area (Å²) in [5.74, 6) is 1.75. The summed E-state index contributed by atoms with van der Waals surface area (Å²) >= 11 is 3.97. The first-order valence-corrected chi connectivity index (χ1v) is 15.8. The van der Waals surface area contributed by atoms with Crippen molar-refractivity contribution < 1.29 is 9.31 Å². The van der Waals surface area contributed by atoms with E-state index in [0.717, 1.165) is 11.8 Å². The van der Waals surface area contributed by atoms with Gasteiger partial charge < -0.3 is 9.31 Å². The number of rotatable bonds is 5. The van der Waals surface area contributed by atoms with Crippen LogP contribution in [0.4, 0.5) is 0 Å². The molecule has 2 aromatic heterocycles. The first-order valence-electron chi connectivity index (χ1n) is 14.1. The molecule has 0 spiro atoms. The van der Waals surface area contributed by atoms with Crippen molar-refractivity contribution in [2.24, 2.45) is 11.8 Å². The SMILES string of the molecule is CC1(C)OB(c2cc3c(ccc4sc(CC5CCCCC5)c(CC5CCCCC5)c43)s2)OC1(C)C. The molecule has 0 unspecified atom stereocenters. The minimum absolute atomic E-state index is 0.269. The van der Waals surface area contributed by atoms with Crippen LogP contribution < -0.4 is 4.78 Å². The third kappa shape index (κ3) is 4.64. The van der Waals surface area contributed by atoms with Crippen molar-refractivity contribution in [2.45, 2.75) is 116 Å². The molecule has 3 fully saturated rings. The summed E-state index contributed by atoms with van der Waals surface area (Å²) < 4.78 is 17.0. The van der Waals surface area contributed by atoms with Gasteiger partial charge in [-0.05, 0) is 76.1 Å². The topological polar surface area (TPSA) is 18.5 Å². The summed E-state index contributed by atoms with van der Waals surface area (Å²) in [6.45, 7) is 8.60. The van der Waals surface area contributed by atoms with Crippen molar-refractivity contribution in [3.8, 4) is 0 Å². The molecule has 3 heterocycles. The monoisotopic (exact) mass is 508 g/mol. The van der Waals surface area contributed by atoms with Crippen molar-refractivity contribution in [1.82, 2.24) is 0 Å². The Kier molecular flexibility index (Phi) is 6.61. The van der Waals surface area contributed by atoms with Gasteiger partial charge in [0, 0.05) is 29.8 Å². The van der Waals surface area contributed by atoms with E-state index in [4.69, 9.17) is 9.31 Å². The van der Waals surface area contributed by atoms with Crippen molar-refractivity contribution >= 4 is 54.7 Å². The van der Waals surface area contributed by atoms with E-state index < -0.39 is 0 Å². The third-order valence-electron chi connectivity index (χ3n) is 9.46. The number of fused-ring (bicyclic) bond motifs is 3. The Labute approximate surface area is 219 Å². The summed E-state index contributed by atoms with van der Waals surface area (Å²) in [7, 11) is -0.269. The van der Waals surface area contributed by atoms with Gasteiger partial charge in [0.25, 0.3) is 0 Å². The Bertz CT molecular complexity index is 1180. The van der Waals surface area contributed by atoms with Crippen LogP contribution in [0.5, 0.6) is 0 Å². The molecule has 3 aromatic rings. The largest absolute Gasteiger partial charge is 0.505 e. The Balaban J connectivity index is 1.41. The summed E-state index contributed by atoms with van der Waals surface area (Å²) in [4.78, 5) is 1.70. The standard InChI is InChI=1S/C30H41BO2S2/c1-29(2)30(3,4)33-31(32-29)27-19-23-24(35-27)15-16-25-28(23)22(17-20-11-7-5-8-12-20)26(34-25)18-21-13-9-6-10-14-21/h15-16,19-21H,5-14,17-18H2,1-4H3. The van der Waals surface area contributed by atoms with Gasteiger partial charge in [-0.3, -0.25) is 0 Å². The van der Waals surface area contributed by atoms with Crippen molar-refractivity contribution in [2.75, 3.05) is 0 Å². The number of benzene rings is 1.